The third-order valence-electron chi connectivity index (χ3n) is 2.33. The first-order valence-corrected chi connectivity index (χ1v) is 5.08. The molecule has 0 radical (unpaired) electrons. The molecular formula is C13H12N2O. The molecule has 0 unspecified atom stereocenters. The van der Waals surface area contributed by atoms with Crippen LogP contribution in [0, 0.1) is 6.92 Å². The summed E-state index contributed by atoms with van der Waals surface area (Å²) in [7, 11) is 0. The number of hydrogen-bond acceptors (Lipinski definition) is 3. The zero-order valence-corrected chi connectivity index (χ0v) is 9.27. The van der Waals surface area contributed by atoms with Crippen LogP contribution in [0.2, 0.25) is 0 Å². The molecule has 0 bridgehead atoms. The summed E-state index contributed by atoms with van der Waals surface area (Å²) in [6.45, 7) is 3.41. The number of nitrogens with zero attached hydrogens (tertiary/aromatic N) is 2. The number of benzene rings is 1. The molecule has 0 aliphatic carbocycles. The Balaban J connectivity index is 2.56. The predicted molar refractivity (Wildman–Crippen MR) is 62.2 cm³/mol. The minimum atomic E-state index is -0.114. The highest BCUT2D eigenvalue weighted by atomic mass is 16.1. The first-order chi connectivity index (χ1) is 7.68. The van der Waals surface area contributed by atoms with Gasteiger partial charge in [-0.25, -0.2) is 9.97 Å². The zero-order chi connectivity index (χ0) is 11.5. The zero-order valence-electron chi connectivity index (χ0n) is 9.27. The molecule has 0 N–H and O–H groups in total. The van der Waals surface area contributed by atoms with Crippen LogP contribution in [-0.4, -0.2) is 15.8 Å². The molecule has 0 saturated carbocycles. The van der Waals surface area contributed by atoms with Gasteiger partial charge in [-0.1, -0.05) is 30.3 Å². The van der Waals surface area contributed by atoms with E-state index in [2.05, 4.69) is 9.97 Å². The highest BCUT2D eigenvalue weighted by Gasteiger charge is 2.08. The fourth-order valence-electron chi connectivity index (χ4n) is 1.50. The lowest BCUT2D eigenvalue weighted by atomic mass is 10.1. The first kappa shape index (κ1) is 10.5. The van der Waals surface area contributed by atoms with Crippen molar-refractivity contribution in [1.82, 2.24) is 9.97 Å². The van der Waals surface area contributed by atoms with Crippen molar-refractivity contribution in [3.05, 3.63) is 47.9 Å². The van der Waals surface area contributed by atoms with Gasteiger partial charge in [-0.05, 0) is 12.5 Å². The Morgan fingerprint density at radius 3 is 2.50 bits per heavy atom. The maximum absolute atomic E-state index is 11.2. The highest BCUT2D eigenvalue weighted by Crippen LogP contribution is 2.19. The van der Waals surface area contributed by atoms with E-state index in [0.29, 0.717) is 0 Å². The smallest absolute Gasteiger partial charge is 0.196 e. The van der Waals surface area contributed by atoms with Crippen molar-refractivity contribution in [1.29, 1.82) is 0 Å². The molecule has 2 rings (SSSR count). The topological polar surface area (TPSA) is 42.9 Å². The normalized spacial score (nSPS) is 10.1. The Morgan fingerprint density at radius 1 is 1.19 bits per heavy atom. The highest BCUT2D eigenvalue weighted by molar-refractivity contribution is 5.90. The molecule has 3 heteroatoms. The van der Waals surface area contributed by atoms with Gasteiger partial charge in [0, 0.05) is 18.7 Å². The van der Waals surface area contributed by atoms with Crippen molar-refractivity contribution in [2.45, 2.75) is 13.8 Å². The lowest BCUT2D eigenvalue weighted by Gasteiger charge is -2.05. The van der Waals surface area contributed by atoms with Crippen LogP contribution in [0.3, 0.4) is 0 Å². The van der Waals surface area contributed by atoms with Crippen LogP contribution >= 0.6 is 0 Å². The number of aromatic nitrogens is 2. The quantitative estimate of drug-likeness (QED) is 0.719. The van der Waals surface area contributed by atoms with E-state index in [1.165, 1.54) is 6.92 Å². The molecular weight excluding hydrogens is 200 g/mol. The van der Waals surface area contributed by atoms with Gasteiger partial charge < -0.3 is 0 Å². The van der Waals surface area contributed by atoms with Gasteiger partial charge in [0.05, 0.1) is 5.69 Å². The van der Waals surface area contributed by atoms with Crippen molar-refractivity contribution in [2.24, 2.45) is 0 Å². The maximum Gasteiger partial charge on any atom is 0.196 e. The molecule has 0 fully saturated rings. The second kappa shape index (κ2) is 4.23. The van der Waals surface area contributed by atoms with Crippen LogP contribution in [0.15, 0.2) is 36.5 Å². The molecule has 0 aliphatic rings. The lowest BCUT2D eigenvalue weighted by Crippen LogP contribution is -2.03. The number of carbonyl (C=O) groups is 1. The second-order valence-electron chi connectivity index (χ2n) is 3.65. The third kappa shape index (κ3) is 1.98. The van der Waals surface area contributed by atoms with Gasteiger partial charge in [-0.15, -0.1) is 0 Å². The van der Waals surface area contributed by atoms with Crippen molar-refractivity contribution in [3.63, 3.8) is 0 Å². The molecule has 1 aromatic heterocycles. The molecule has 2 aromatic rings. The Morgan fingerprint density at radius 2 is 1.88 bits per heavy atom. The van der Waals surface area contributed by atoms with Gasteiger partial charge in [-0.3, -0.25) is 4.79 Å². The van der Waals surface area contributed by atoms with E-state index in [1.54, 1.807) is 6.20 Å². The average Bonchev–Trinajstić information content (AvgIpc) is 2.30. The van der Waals surface area contributed by atoms with Gasteiger partial charge in [0.1, 0.15) is 0 Å². The second-order valence-corrected chi connectivity index (χ2v) is 3.65. The molecule has 0 atom stereocenters. The molecule has 3 nitrogen and oxygen atoms in total. The van der Waals surface area contributed by atoms with Crippen molar-refractivity contribution >= 4 is 5.78 Å². The summed E-state index contributed by atoms with van der Waals surface area (Å²) in [6.07, 6.45) is 1.69. The standard InChI is InChI=1S/C13H12N2O/c1-9-8-14-13(10(2)16)15-12(9)11-6-4-3-5-7-11/h3-8H,1-2H3. The fourth-order valence-corrected chi connectivity index (χ4v) is 1.50. The Labute approximate surface area is 94.2 Å². The number of carbonyl (C=O) groups excluding carboxylic acids is 1. The van der Waals surface area contributed by atoms with Crippen LogP contribution in [0.1, 0.15) is 23.1 Å². The summed E-state index contributed by atoms with van der Waals surface area (Å²) in [5.74, 6) is 0.154. The molecule has 16 heavy (non-hydrogen) atoms. The monoisotopic (exact) mass is 212 g/mol. The van der Waals surface area contributed by atoms with Crippen molar-refractivity contribution < 1.29 is 4.79 Å². The Kier molecular flexibility index (Phi) is 2.77. The number of rotatable bonds is 2. The SMILES string of the molecule is CC(=O)c1ncc(C)c(-c2ccccc2)n1. The largest absolute Gasteiger partial charge is 0.291 e. The van der Waals surface area contributed by atoms with Crippen molar-refractivity contribution in [3.8, 4) is 11.3 Å². The van der Waals surface area contributed by atoms with Gasteiger partial charge in [0.2, 0.25) is 0 Å². The molecule has 1 heterocycles. The molecule has 1 aromatic carbocycles. The maximum atomic E-state index is 11.2. The summed E-state index contributed by atoms with van der Waals surface area (Å²) >= 11 is 0. The molecule has 0 aliphatic heterocycles. The summed E-state index contributed by atoms with van der Waals surface area (Å²) in [4.78, 5) is 19.5. The van der Waals surface area contributed by atoms with E-state index < -0.39 is 0 Å². The van der Waals surface area contributed by atoms with E-state index in [0.717, 1.165) is 16.8 Å². The van der Waals surface area contributed by atoms with E-state index in [1.807, 2.05) is 37.3 Å². The summed E-state index contributed by atoms with van der Waals surface area (Å²) in [5.41, 5.74) is 2.79. The van der Waals surface area contributed by atoms with Gasteiger partial charge in [0.25, 0.3) is 0 Å². The molecule has 80 valence electrons. The third-order valence-corrected chi connectivity index (χ3v) is 2.33. The summed E-state index contributed by atoms with van der Waals surface area (Å²) < 4.78 is 0. The van der Waals surface area contributed by atoms with Crippen LogP contribution < -0.4 is 0 Å². The van der Waals surface area contributed by atoms with Gasteiger partial charge in [-0.2, -0.15) is 0 Å². The van der Waals surface area contributed by atoms with E-state index in [9.17, 15) is 4.79 Å². The average molecular weight is 212 g/mol. The van der Waals surface area contributed by atoms with Gasteiger partial charge >= 0.3 is 0 Å². The fraction of sp³-hybridized carbons (Fsp3) is 0.154. The van der Waals surface area contributed by atoms with Crippen LogP contribution in [-0.2, 0) is 0 Å². The lowest BCUT2D eigenvalue weighted by molar-refractivity contribution is 0.100. The van der Waals surface area contributed by atoms with E-state index in [-0.39, 0.29) is 11.6 Å². The van der Waals surface area contributed by atoms with Crippen molar-refractivity contribution in [2.75, 3.05) is 0 Å². The Hall–Kier alpha value is -2.03. The number of aryl methyl sites for hydroxylation is 1. The summed E-state index contributed by atoms with van der Waals surface area (Å²) in [6, 6.07) is 9.79. The molecule has 0 amide bonds. The summed E-state index contributed by atoms with van der Waals surface area (Å²) in [5, 5.41) is 0. The van der Waals surface area contributed by atoms with Crippen LogP contribution in [0.25, 0.3) is 11.3 Å². The van der Waals surface area contributed by atoms with Crippen LogP contribution in [0.4, 0.5) is 0 Å². The molecule has 0 spiro atoms. The predicted octanol–water partition coefficient (Wildman–Crippen LogP) is 2.65. The van der Waals surface area contributed by atoms with Gasteiger partial charge in [0.15, 0.2) is 11.6 Å². The number of hydrogen-bond donors (Lipinski definition) is 0. The van der Waals surface area contributed by atoms with Crippen LogP contribution in [0.5, 0.6) is 0 Å². The number of ketones is 1. The number of Topliss-reactive ketones (excluding diaryl/α,β-unsaturated/α-hetero) is 1. The minimum Gasteiger partial charge on any atom is -0.291 e. The van der Waals surface area contributed by atoms with E-state index >= 15 is 0 Å². The van der Waals surface area contributed by atoms with E-state index in [4.69, 9.17) is 0 Å². The molecule has 0 saturated heterocycles. The first-order valence-electron chi connectivity index (χ1n) is 5.08. The Bertz CT molecular complexity index is 521. The minimum absolute atomic E-state index is 0.114.